The van der Waals surface area contributed by atoms with Crippen LogP contribution in [0.15, 0.2) is 0 Å². The van der Waals surface area contributed by atoms with Crippen LogP contribution < -0.4 is 0 Å². The molecule has 0 fully saturated rings. The third kappa shape index (κ3) is 23.4. The van der Waals surface area contributed by atoms with Crippen molar-refractivity contribution in [1.82, 2.24) is 0 Å². The highest BCUT2D eigenvalue weighted by Crippen LogP contribution is 2.14. The van der Waals surface area contributed by atoms with E-state index in [1.54, 1.807) is 0 Å². The van der Waals surface area contributed by atoms with E-state index >= 15 is 0 Å². The minimum atomic E-state index is 0.494. The summed E-state index contributed by atoms with van der Waals surface area (Å²) in [6.07, 6.45) is 27.6. The zero-order valence-electron chi connectivity index (χ0n) is 17.6. The molecule has 0 rings (SSSR count). The molecule has 26 heavy (non-hydrogen) atoms. The zero-order chi connectivity index (χ0) is 19.0. The smallest absolute Gasteiger partial charge is 0.285 e. The molecule has 0 atom stereocenters. The van der Waals surface area contributed by atoms with Crippen LogP contribution in [0.5, 0.6) is 0 Å². The summed E-state index contributed by atoms with van der Waals surface area (Å²) in [6, 6.07) is 0. The van der Waals surface area contributed by atoms with Crippen molar-refractivity contribution in [2.24, 2.45) is 0 Å². The number of hydrogen-bond acceptors (Lipinski definition) is 3. The Morgan fingerprint density at radius 2 is 0.808 bits per heavy atom. The standard InChI is InChI=1S/C23H45O3/c1-2-3-4-5-6-7-8-9-10-11-12-13-14-15-16-17-18-19-20-21-22-25-26-23-24/h2-22H2,1H3. The van der Waals surface area contributed by atoms with Gasteiger partial charge >= 0.3 is 6.47 Å². The van der Waals surface area contributed by atoms with Gasteiger partial charge in [0, 0.05) is 0 Å². The first kappa shape index (κ1) is 25.4. The average molecular weight is 370 g/mol. The first-order chi connectivity index (χ1) is 12.9. The molecule has 155 valence electrons. The molecule has 0 heterocycles. The van der Waals surface area contributed by atoms with E-state index in [1.165, 1.54) is 122 Å². The average Bonchev–Trinajstić information content (AvgIpc) is 2.66. The normalized spacial score (nSPS) is 11.0. The molecule has 0 aliphatic rings. The van der Waals surface area contributed by atoms with Gasteiger partial charge in [-0.05, 0) is 6.42 Å². The molecule has 0 saturated heterocycles. The van der Waals surface area contributed by atoms with E-state index in [0.717, 1.165) is 12.8 Å². The molecule has 0 spiro atoms. The summed E-state index contributed by atoms with van der Waals surface area (Å²) in [6.45, 7) is 4.04. The predicted octanol–water partition coefficient (Wildman–Crippen LogP) is 7.82. The molecule has 0 bridgehead atoms. The second-order valence-electron chi connectivity index (χ2n) is 7.71. The second kappa shape index (κ2) is 24.4. The lowest BCUT2D eigenvalue weighted by Gasteiger charge is -2.04. The van der Waals surface area contributed by atoms with Crippen molar-refractivity contribution in [2.45, 2.75) is 135 Å². The molecule has 0 saturated carbocycles. The van der Waals surface area contributed by atoms with Gasteiger partial charge in [0.2, 0.25) is 0 Å². The number of carbonyl (C=O) groups excluding carboxylic acids is 1. The van der Waals surface area contributed by atoms with Crippen LogP contribution in [0, 0.1) is 0 Å². The van der Waals surface area contributed by atoms with Crippen LogP contribution in [-0.2, 0) is 14.6 Å². The van der Waals surface area contributed by atoms with E-state index < -0.39 is 0 Å². The topological polar surface area (TPSA) is 35.5 Å². The Morgan fingerprint density at radius 1 is 0.500 bits per heavy atom. The highest BCUT2D eigenvalue weighted by atomic mass is 17.2. The highest BCUT2D eigenvalue weighted by Gasteiger charge is 1.95. The Bertz CT molecular complexity index is 256. The molecule has 0 N–H and O–H groups in total. The first-order valence-electron chi connectivity index (χ1n) is 11.6. The minimum Gasteiger partial charge on any atom is -0.285 e. The Balaban J connectivity index is 2.96. The van der Waals surface area contributed by atoms with Gasteiger partial charge in [0.15, 0.2) is 0 Å². The van der Waals surface area contributed by atoms with Crippen molar-refractivity contribution < 1.29 is 14.6 Å². The lowest BCUT2D eigenvalue weighted by molar-refractivity contribution is -0.222. The Labute approximate surface area is 163 Å². The molecular weight excluding hydrogens is 324 g/mol. The summed E-state index contributed by atoms with van der Waals surface area (Å²) in [5.41, 5.74) is 0. The third-order valence-corrected chi connectivity index (χ3v) is 5.17. The van der Waals surface area contributed by atoms with Gasteiger partial charge in [0.1, 0.15) is 0 Å². The van der Waals surface area contributed by atoms with Crippen molar-refractivity contribution in [1.29, 1.82) is 0 Å². The van der Waals surface area contributed by atoms with Crippen molar-refractivity contribution >= 4 is 6.47 Å². The lowest BCUT2D eigenvalue weighted by atomic mass is 10.0. The van der Waals surface area contributed by atoms with Gasteiger partial charge < -0.3 is 0 Å². The van der Waals surface area contributed by atoms with Crippen molar-refractivity contribution in [3.05, 3.63) is 0 Å². The van der Waals surface area contributed by atoms with Crippen molar-refractivity contribution in [3.63, 3.8) is 0 Å². The molecule has 3 nitrogen and oxygen atoms in total. The van der Waals surface area contributed by atoms with E-state index in [-0.39, 0.29) is 0 Å². The van der Waals surface area contributed by atoms with Gasteiger partial charge in [-0.15, -0.1) is 0 Å². The van der Waals surface area contributed by atoms with Crippen LogP contribution in [0.25, 0.3) is 0 Å². The molecule has 0 aliphatic carbocycles. The molecule has 0 amide bonds. The van der Waals surface area contributed by atoms with Crippen LogP contribution in [0.1, 0.15) is 135 Å². The van der Waals surface area contributed by atoms with E-state index in [9.17, 15) is 4.79 Å². The first-order valence-corrected chi connectivity index (χ1v) is 11.6. The number of rotatable bonds is 23. The van der Waals surface area contributed by atoms with Crippen LogP contribution in [0.3, 0.4) is 0 Å². The summed E-state index contributed by atoms with van der Waals surface area (Å²) >= 11 is 0. The monoisotopic (exact) mass is 369 g/mol. The Morgan fingerprint density at radius 3 is 1.12 bits per heavy atom. The maximum Gasteiger partial charge on any atom is 0.453 e. The molecule has 3 heteroatoms. The minimum absolute atomic E-state index is 0.494. The number of unbranched alkanes of at least 4 members (excludes halogenated alkanes) is 19. The fourth-order valence-electron chi connectivity index (χ4n) is 3.48. The Kier molecular flexibility index (Phi) is 23.9. The molecular formula is C23H45O3. The molecule has 0 unspecified atom stereocenters. The second-order valence-corrected chi connectivity index (χ2v) is 7.71. The largest absolute Gasteiger partial charge is 0.453 e. The highest BCUT2D eigenvalue weighted by molar-refractivity contribution is 5.36. The Hall–Kier alpha value is -0.570. The van der Waals surface area contributed by atoms with E-state index in [4.69, 9.17) is 0 Å². The molecule has 0 aromatic rings. The van der Waals surface area contributed by atoms with Gasteiger partial charge in [-0.2, -0.15) is 4.89 Å². The maximum atomic E-state index is 9.74. The zero-order valence-corrected chi connectivity index (χ0v) is 17.6. The summed E-state index contributed by atoms with van der Waals surface area (Å²) in [7, 11) is 0. The maximum absolute atomic E-state index is 9.74. The van der Waals surface area contributed by atoms with E-state index in [0.29, 0.717) is 6.61 Å². The van der Waals surface area contributed by atoms with Gasteiger partial charge in [-0.1, -0.05) is 129 Å². The van der Waals surface area contributed by atoms with E-state index in [2.05, 4.69) is 16.7 Å². The molecule has 1 radical (unpaired) electrons. The number of hydrogen-bond donors (Lipinski definition) is 0. The fourth-order valence-corrected chi connectivity index (χ4v) is 3.48. The molecule has 0 aromatic heterocycles. The summed E-state index contributed by atoms with van der Waals surface area (Å²) in [5, 5.41) is 0. The SMILES string of the molecule is CCCCCCCCCCCCCCCCCCCCCCOO[C]=O. The van der Waals surface area contributed by atoms with Crippen LogP contribution in [0.4, 0.5) is 0 Å². The van der Waals surface area contributed by atoms with Crippen molar-refractivity contribution in [2.75, 3.05) is 6.61 Å². The van der Waals surface area contributed by atoms with Gasteiger partial charge in [0.25, 0.3) is 0 Å². The fraction of sp³-hybridized carbons (Fsp3) is 0.957. The summed E-state index contributed by atoms with van der Waals surface area (Å²) in [5.74, 6) is 0. The quantitative estimate of drug-likeness (QED) is 0.105. The van der Waals surface area contributed by atoms with Gasteiger partial charge in [-0.3, -0.25) is 4.89 Å². The molecule has 0 aromatic carbocycles. The van der Waals surface area contributed by atoms with Crippen LogP contribution >= 0.6 is 0 Å². The van der Waals surface area contributed by atoms with Gasteiger partial charge in [0.05, 0.1) is 6.61 Å². The van der Waals surface area contributed by atoms with Crippen LogP contribution in [-0.4, -0.2) is 13.1 Å². The van der Waals surface area contributed by atoms with Crippen LogP contribution in [0.2, 0.25) is 0 Å². The lowest BCUT2D eigenvalue weighted by Crippen LogP contribution is -1.94. The van der Waals surface area contributed by atoms with Gasteiger partial charge in [-0.25, -0.2) is 4.79 Å². The van der Waals surface area contributed by atoms with E-state index in [1.807, 2.05) is 0 Å². The summed E-state index contributed by atoms with van der Waals surface area (Å²) in [4.78, 5) is 18.4. The third-order valence-electron chi connectivity index (χ3n) is 5.17. The predicted molar refractivity (Wildman–Crippen MR) is 111 cm³/mol. The summed E-state index contributed by atoms with van der Waals surface area (Å²) < 4.78 is 0. The van der Waals surface area contributed by atoms with Crippen molar-refractivity contribution in [3.8, 4) is 0 Å². The molecule has 0 aliphatic heterocycles.